The summed E-state index contributed by atoms with van der Waals surface area (Å²) in [6.45, 7) is 13.2. The van der Waals surface area contributed by atoms with Crippen molar-refractivity contribution in [1.29, 1.82) is 0 Å². The summed E-state index contributed by atoms with van der Waals surface area (Å²) in [6, 6.07) is 0. The first-order chi connectivity index (χ1) is 10.8. The van der Waals surface area contributed by atoms with Gasteiger partial charge < -0.3 is 4.74 Å². The average molecular weight is 310 g/mol. The summed E-state index contributed by atoms with van der Waals surface area (Å²) >= 11 is 0. The van der Waals surface area contributed by atoms with Crippen molar-refractivity contribution in [1.82, 2.24) is 0 Å². The van der Waals surface area contributed by atoms with Gasteiger partial charge in [-0.2, -0.15) is 0 Å². The predicted molar refractivity (Wildman–Crippen MR) is 102 cm³/mol. The molecule has 1 nitrogen and oxygen atoms in total. The topological polar surface area (TPSA) is 9.23 Å². The van der Waals surface area contributed by atoms with E-state index >= 15 is 0 Å². The molecule has 0 spiro atoms. The molecular formula is C21H41O. The highest BCUT2D eigenvalue weighted by atomic mass is 16.5. The van der Waals surface area contributed by atoms with Crippen molar-refractivity contribution in [3.05, 3.63) is 32.4 Å². The van der Waals surface area contributed by atoms with Gasteiger partial charge in [-0.3, -0.25) is 0 Å². The van der Waals surface area contributed by atoms with Crippen LogP contribution in [0.15, 0.2) is 25.5 Å². The number of hydrogen-bond acceptors (Lipinski definition) is 1. The molecule has 1 radical (unpaired) electrons. The van der Waals surface area contributed by atoms with E-state index in [1.807, 2.05) is 0 Å². The summed E-state index contributed by atoms with van der Waals surface area (Å²) in [5.41, 5.74) is 0. The molecule has 0 rings (SSSR count). The third kappa shape index (κ3) is 27.6. The highest BCUT2D eigenvalue weighted by molar-refractivity contribution is 4.66. The molecule has 0 unspecified atom stereocenters. The fourth-order valence-corrected chi connectivity index (χ4v) is 2.46. The second-order valence-electron chi connectivity index (χ2n) is 5.92. The Morgan fingerprint density at radius 1 is 0.636 bits per heavy atom. The van der Waals surface area contributed by atoms with E-state index in [0.29, 0.717) is 0 Å². The number of ether oxygens (including phenoxy) is 1. The van der Waals surface area contributed by atoms with Gasteiger partial charge in [-0.05, 0) is 13.3 Å². The lowest BCUT2D eigenvalue weighted by Gasteiger charge is -2.03. The van der Waals surface area contributed by atoms with Crippen LogP contribution in [0.3, 0.4) is 0 Å². The fraction of sp³-hybridized carbons (Fsp3) is 0.762. The van der Waals surface area contributed by atoms with Crippen molar-refractivity contribution in [3.63, 3.8) is 0 Å². The predicted octanol–water partition coefficient (Wildman–Crippen LogP) is 7.63. The van der Waals surface area contributed by atoms with Crippen LogP contribution >= 0.6 is 0 Å². The summed E-state index contributed by atoms with van der Waals surface area (Å²) in [4.78, 5) is 0. The Balaban J connectivity index is 0. The summed E-state index contributed by atoms with van der Waals surface area (Å²) in [7, 11) is 0. The van der Waals surface area contributed by atoms with E-state index in [-0.39, 0.29) is 0 Å². The van der Waals surface area contributed by atoms with E-state index in [4.69, 9.17) is 4.74 Å². The molecule has 0 amide bonds. The second-order valence-corrected chi connectivity index (χ2v) is 5.92. The first-order valence-electron chi connectivity index (χ1n) is 9.46. The lowest BCUT2D eigenvalue weighted by atomic mass is 10.0. The standard InChI is InChI=1S/C18H36O.C3H5/c1-3-5-6-7-8-9-10-11-12-13-14-15-16-17-18-19-4-2;1-3-2/h4H,2-3,5-18H2,1H3;3H,1-2H2. The minimum absolute atomic E-state index is 0.849. The molecule has 22 heavy (non-hydrogen) atoms. The Kier molecular flexibility index (Phi) is 27.0. The van der Waals surface area contributed by atoms with Gasteiger partial charge in [0.25, 0.3) is 0 Å². The van der Waals surface area contributed by atoms with Crippen molar-refractivity contribution in [2.24, 2.45) is 0 Å². The Labute approximate surface area is 141 Å². The summed E-state index contributed by atoms with van der Waals surface area (Å²) < 4.78 is 5.10. The van der Waals surface area contributed by atoms with Crippen LogP contribution in [-0.4, -0.2) is 6.61 Å². The molecule has 0 aliphatic carbocycles. The molecule has 0 bridgehead atoms. The van der Waals surface area contributed by atoms with Gasteiger partial charge in [-0.15, -0.1) is 6.58 Å². The Hall–Kier alpha value is -0.720. The van der Waals surface area contributed by atoms with Crippen molar-refractivity contribution in [2.75, 3.05) is 6.61 Å². The molecule has 0 aromatic rings. The maximum absolute atomic E-state index is 5.10. The zero-order valence-electron chi connectivity index (χ0n) is 15.3. The van der Waals surface area contributed by atoms with E-state index in [2.05, 4.69) is 27.0 Å². The van der Waals surface area contributed by atoms with Crippen LogP contribution in [0.1, 0.15) is 96.8 Å². The number of unbranched alkanes of at least 4 members (excludes halogenated alkanes) is 13. The van der Waals surface area contributed by atoms with Crippen molar-refractivity contribution in [3.8, 4) is 0 Å². The van der Waals surface area contributed by atoms with Crippen molar-refractivity contribution in [2.45, 2.75) is 96.8 Å². The molecule has 0 N–H and O–H groups in total. The molecule has 0 aromatic carbocycles. The van der Waals surface area contributed by atoms with Crippen molar-refractivity contribution >= 4 is 0 Å². The average Bonchev–Trinajstić information content (AvgIpc) is 2.52. The Morgan fingerprint density at radius 2 is 0.955 bits per heavy atom. The Morgan fingerprint density at radius 3 is 1.27 bits per heavy atom. The zero-order valence-corrected chi connectivity index (χ0v) is 15.3. The lowest BCUT2D eigenvalue weighted by molar-refractivity contribution is 0.241. The van der Waals surface area contributed by atoms with Crippen molar-refractivity contribution < 1.29 is 4.74 Å². The van der Waals surface area contributed by atoms with Gasteiger partial charge in [0.15, 0.2) is 0 Å². The van der Waals surface area contributed by atoms with Gasteiger partial charge in [0.2, 0.25) is 0 Å². The minimum Gasteiger partial charge on any atom is -0.502 e. The van der Waals surface area contributed by atoms with E-state index in [1.54, 1.807) is 6.26 Å². The number of hydrogen-bond donors (Lipinski definition) is 0. The minimum atomic E-state index is 0.849. The molecule has 1 heteroatoms. The molecule has 0 saturated heterocycles. The van der Waals surface area contributed by atoms with Gasteiger partial charge in [0.05, 0.1) is 12.9 Å². The fourth-order valence-electron chi connectivity index (χ4n) is 2.46. The molecule has 0 aromatic heterocycles. The van der Waals surface area contributed by atoms with Crippen LogP contribution in [0, 0.1) is 6.92 Å². The van der Waals surface area contributed by atoms with Crippen LogP contribution in [0.2, 0.25) is 0 Å². The summed E-state index contributed by atoms with van der Waals surface area (Å²) in [5.74, 6) is 0. The van der Waals surface area contributed by atoms with Crippen LogP contribution < -0.4 is 0 Å². The highest BCUT2D eigenvalue weighted by Gasteiger charge is 1.93. The molecular weight excluding hydrogens is 268 g/mol. The van der Waals surface area contributed by atoms with Crippen LogP contribution in [-0.2, 0) is 4.74 Å². The maximum Gasteiger partial charge on any atom is 0.0873 e. The number of allylic oxidation sites excluding steroid dienone is 1. The molecule has 131 valence electrons. The van der Waals surface area contributed by atoms with Gasteiger partial charge in [-0.25, -0.2) is 0 Å². The third-order valence-corrected chi connectivity index (χ3v) is 3.73. The van der Waals surface area contributed by atoms with Crippen LogP contribution in [0.5, 0.6) is 0 Å². The first-order valence-corrected chi connectivity index (χ1v) is 9.46. The SMILES string of the molecule is C=COCCCCCCCCCCCCCCCC.[CH2]C=C. The largest absolute Gasteiger partial charge is 0.502 e. The van der Waals surface area contributed by atoms with E-state index in [1.165, 1.54) is 96.0 Å². The van der Waals surface area contributed by atoms with Gasteiger partial charge in [0, 0.05) is 0 Å². The monoisotopic (exact) mass is 309 g/mol. The molecule has 0 aliphatic rings. The molecule has 0 aliphatic heterocycles. The normalized spacial score (nSPS) is 9.73. The highest BCUT2D eigenvalue weighted by Crippen LogP contribution is 2.12. The Bertz CT molecular complexity index is 198. The lowest BCUT2D eigenvalue weighted by Crippen LogP contribution is -1.87. The van der Waals surface area contributed by atoms with Crippen LogP contribution in [0.4, 0.5) is 0 Å². The smallest absolute Gasteiger partial charge is 0.0873 e. The molecule has 0 fully saturated rings. The van der Waals surface area contributed by atoms with E-state index < -0.39 is 0 Å². The second kappa shape index (κ2) is 25.2. The molecule has 0 atom stereocenters. The van der Waals surface area contributed by atoms with Gasteiger partial charge >= 0.3 is 0 Å². The first kappa shape index (κ1) is 23.5. The summed E-state index contributed by atoms with van der Waals surface area (Å²) in [6.07, 6.45) is 22.7. The third-order valence-electron chi connectivity index (χ3n) is 3.73. The maximum atomic E-state index is 5.10. The van der Waals surface area contributed by atoms with Crippen LogP contribution in [0.25, 0.3) is 0 Å². The quantitative estimate of drug-likeness (QED) is 0.210. The molecule has 0 heterocycles. The summed E-state index contributed by atoms with van der Waals surface area (Å²) in [5, 5.41) is 0. The van der Waals surface area contributed by atoms with E-state index in [9.17, 15) is 0 Å². The van der Waals surface area contributed by atoms with Gasteiger partial charge in [-0.1, -0.05) is 103 Å². The molecule has 0 saturated carbocycles. The van der Waals surface area contributed by atoms with E-state index in [0.717, 1.165) is 6.61 Å². The van der Waals surface area contributed by atoms with Gasteiger partial charge in [0.1, 0.15) is 0 Å². The number of rotatable bonds is 16. The zero-order chi connectivity index (χ0) is 16.7.